The van der Waals surface area contributed by atoms with E-state index < -0.39 is 12.0 Å². The van der Waals surface area contributed by atoms with Gasteiger partial charge in [0.15, 0.2) is 0 Å². The zero-order valence-corrected chi connectivity index (χ0v) is 8.20. The van der Waals surface area contributed by atoms with Gasteiger partial charge in [-0.15, -0.1) is 0 Å². The summed E-state index contributed by atoms with van der Waals surface area (Å²) in [5.74, 6) is -1.26. The maximum absolute atomic E-state index is 11.1. The summed E-state index contributed by atoms with van der Waals surface area (Å²) >= 11 is 0. The fraction of sp³-hybridized carbons (Fsp3) is 0.750. The quantitative estimate of drug-likeness (QED) is 0.612. The molecule has 0 unspecified atom stereocenters. The predicted molar refractivity (Wildman–Crippen MR) is 48.4 cm³/mol. The molecule has 76 valence electrons. The molecule has 0 saturated carbocycles. The molecule has 1 amide bonds. The van der Waals surface area contributed by atoms with Crippen LogP contribution in [0.2, 0.25) is 0 Å². The van der Waals surface area contributed by atoms with Gasteiger partial charge in [0.05, 0.1) is 6.54 Å². The molecule has 0 aliphatic carbocycles. The second-order valence-electron chi connectivity index (χ2n) is 3.10. The minimum atomic E-state index is -0.991. The monoisotopic (exact) mass is 188 g/mol. The van der Waals surface area contributed by atoms with Crippen molar-refractivity contribution in [2.75, 3.05) is 20.6 Å². The molecule has 0 aliphatic rings. The van der Waals surface area contributed by atoms with Gasteiger partial charge in [0, 0.05) is 0 Å². The van der Waals surface area contributed by atoms with Gasteiger partial charge in [-0.2, -0.15) is 0 Å². The van der Waals surface area contributed by atoms with E-state index in [4.69, 9.17) is 5.11 Å². The van der Waals surface area contributed by atoms with Gasteiger partial charge in [0.2, 0.25) is 5.91 Å². The van der Waals surface area contributed by atoms with Gasteiger partial charge in [-0.05, 0) is 20.5 Å². The Balaban J connectivity index is 3.94. The lowest BCUT2D eigenvalue weighted by atomic mass is 10.2. The Morgan fingerprint density at radius 3 is 2.31 bits per heavy atom. The molecule has 2 N–H and O–H groups in total. The molecule has 0 aromatic heterocycles. The van der Waals surface area contributed by atoms with Crippen LogP contribution in [-0.4, -0.2) is 48.6 Å². The average molecular weight is 188 g/mol. The van der Waals surface area contributed by atoms with Crippen molar-refractivity contribution in [1.29, 1.82) is 0 Å². The number of carbonyl (C=O) groups excluding carboxylic acids is 1. The molecule has 1 atom stereocenters. The molecule has 0 fully saturated rings. The van der Waals surface area contributed by atoms with Crippen molar-refractivity contribution in [3.05, 3.63) is 0 Å². The molecule has 0 radical (unpaired) electrons. The Morgan fingerprint density at radius 1 is 1.46 bits per heavy atom. The highest BCUT2D eigenvalue weighted by atomic mass is 16.4. The van der Waals surface area contributed by atoms with Crippen LogP contribution in [0, 0.1) is 0 Å². The van der Waals surface area contributed by atoms with Crippen molar-refractivity contribution >= 4 is 11.9 Å². The molecule has 5 heteroatoms. The SMILES string of the molecule is CC[C@H](NC(=O)CN(C)C)C(=O)O. The summed E-state index contributed by atoms with van der Waals surface area (Å²) in [6.07, 6.45) is 0.397. The van der Waals surface area contributed by atoms with E-state index in [-0.39, 0.29) is 12.5 Å². The van der Waals surface area contributed by atoms with Gasteiger partial charge < -0.3 is 15.3 Å². The number of aliphatic carboxylic acids is 1. The van der Waals surface area contributed by atoms with Gasteiger partial charge in [-0.1, -0.05) is 6.92 Å². The van der Waals surface area contributed by atoms with Crippen LogP contribution in [0.1, 0.15) is 13.3 Å². The molecular formula is C8H16N2O3. The lowest BCUT2D eigenvalue weighted by Crippen LogP contribution is -2.43. The zero-order valence-electron chi connectivity index (χ0n) is 8.20. The average Bonchev–Trinajstić information content (AvgIpc) is 1.98. The lowest BCUT2D eigenvalue weighted by molar-refractivity contribution is -0.142. The molecule has 0 saturated heterocycles. The van der Waals surface area contributed by atoms with E-state index >= 15 is 0 Å². The molecule has 0 spiro atoms. The molecule has 13 heavy (non-hydrogen) atoms. The first-order valence-corrected chi connectivity index (χ1v) is 4.14. The van der Waals surface area contributed by atoms with Crippen molar-refractivity contribution in [3.8, 4) is 0 Å². The number of amides is 1. The fourth-order valence-electron chi connectivity index (χ4n) is 0.866. The summed E-state index contributed by atoms with van der Waals surface area (Å²) in [6.45, 7) is 1.93. The van der Waals surface area contributed by atoms with Gasteiger partial charge in [0.1, 0.15) is 6.04 Å². The number of hydrogen-bond donors (Lipinski definition) is 2. The number of likely N-dealkylation sites (N-methyl/N-ethyl adjacent to an activating group) is 1. The number of carboxylic acid groups (broad SMARTS) is 1. The number of carboxylic acids is 1. The normalized spacial score (nSPS) is 12.6. The van der Waals surface area contributed by atoms with E-state index in [0.717, 1.165) is 0 Å². The smallest absolute Gasteiger partial charge is 0.326 e. The third-order valence-electron chi connectivity index (χ3n) is 1.50. The van der Waals surface area contributed by atoms with Crippen LogP contribution < -0.4 is 5.32 Å². The summed E-state index contributed by atoms with van der Waals surface area (Å²) in [6, 6.07) is -0.771. The molecule has 0 aliphatic heterocycles. The van der Waals surface area contributed by atoms with Crippen LogP contribution in [0.25, 0.3) is 0 Å². The van der Waals surface area contributed by atoms with Crippen molar-refractivity contribution in [2.24, 2.45) is 0 Å². The van der Waals surface area contributed by atoms with Crippen molar-refractivity contribution in [2.45, 2.75) is 19.4 Å². The first-order chi connectivity index (χ1) is 5.97. The van der Waals surface area contributed by atoms with Gasteiger partial charge in [0.25, 0.3) is 0 Å². The highest BCUT2D eigenvalue weighted by molar-refractivity contribution is 5.84. The number of nitrogens with zero attached hydrogens (tertiary/aromatic N) is 1. The van der Waals surface area contributed by atoms with Crippen LogP contribution in [0.3, 0.4) is 0 Å². The molecule has 5 nitrogen and oxygen atoms in total. The Bertz CT molecular complexity index is 192. The van der Waals surface area contributed by atoms with Crippen LogP contribution in [0.5, 0.6) is 0 Å². The van der Waals surface area contributed by atoms with Crippen molar-refractivity contribution < 1.29 is 14.7 Å². The van der Waals surface area contributed by atoms with E-state index in [2.05, 4.69) is 5.32 Å². The molecule has 0 aromatic rings. The first-order valence-electron chi connectivity index (χ1n) is 4.14. The third kappa shape index (κ3) is 5.19. The Kier molecular flexibility index (Phi) is 5.06. The minimum absolute atomic E-state index is 0.212. The van der Waals surface area contributed by atoms with Gasteiger partial charge in [-0.25, -0.2) is 4.79 Å². The lowest BCUT2D eigenvalue weighted by Gasteiger charge is -2.14. The summed E-state index contributed by atoms with van der Waals surface area (Å²) < 4.78 is 0. The summed E-state index contributed by atoms with van der Waals surface area (Å²) in [7, 11) is 3.50. The van der Waals surface area contributed by atoms with E-state index in [9.17, 15) is 9.59 Å². The summed E-state index contributed by atoms with van der Waals surface area (Å²) in [4.78, 5) is 23.3. The van der Waals surface area contributed by atoms with E-state index in [1.807, 2.05) is 0 Å². The second-order valence-corrected chi connectivity index (χ2v) is 3.10. The summed E-state index contributed by atoms with van der Waals surface area (Å²) in [5.41, 5.74) is 0. The molecular weight excluding hydrogens is 172 g/mol. The number of nitrogens with one attached hydrogen (secondary N) is 1. The minimum Gasteiger partial charge on any atom is -0.480 e. The highest BCUT2D eigenvalue weighted by Crippen LogP contribution is 1.90. The second kappa shape index (κ2) is 5.53. The van der Waals surface area contributed by atoms with Gasteiger partial charge >= 0.3 is 5.97 Å². The Hall–Kier alpha value is -1.10. The van der Waals surface area contributed by atoms with Gasteiger partial charge in [-0.3, -0.25) is 4.79 Å². The Morgan fingerprint density at radius 2 is 2.00 bits per heavy atom. The predicted octanol–water partition coefficient (Wildman–Crippen LogP) is -0.473. The first kappa shape index (κ1) is 11.9. The number of rotatable bonds is 5. The van der Waals surface area contributed by atoms with E-state index in [1.54, 1.807) is 25.9 Å². The molecule has 0 bridgehead atoms. The Labute approximate surface area is 77.7 Å². The van der Waals surface area contributed by atoms with Crippen molar-refractivity contribution in [1.82, 2.24) is 10.2 Å². The largest absolute Gasteiger partial charge is 0.480 e. The molecule has 0 rings (SSSR count). The fourth-order valence-corrected chi connectivity index (χ4v) is 0.866. The van der Waals surface area contributed by atoms with Crippen molar-refractivity contribution in [3.63, 3.8) is 0 Å². The van der Waals surface area contributed by atoms with Crippen LogP contribution in [0.15, 0.2) is 0 Å². The van der Waals surface area contributed by atoms with Crippen LogP contribution in [0.4, 0.5) is 0 Å². The van der Waals surface area contributed by atoms with E-state index in [1.165, 1.54) is 0 Å². The molecule has 0 heterocycles. The topological polar surface area (TPSA) is 69.6 Å². The number of carbonyl (C=O) groups is 2. The standard InChI is InChI=1S/C8H16N2O3/c1-4-6(8(12)13)9-7(11)5-10(2)3/h6H,4-5H2,1-3H3,(H,9,11)(H,12,13)/t6-/m0/s1. The van der Waals surface area contributed by atoms with Crippen LogP contribution >= 0.6 is 0 Å². The molecule has 0 aromatic carbocycles. The maximum atomic E-state index is 11.1. The zero-order chi connectivity index (χ0) is 10.4. The maximum Gasteiger partial charge on any atom is 0.326 e. The van der Waals surface area contributed by atoms with Crippen LogP contribution in [-0.2, 0) is 9.59 Å². The highest BCUT2D eigenvalue weighted by Gasteiger charge is 2.17. The van der Waals surface area contributed by atoms with E-state index in [0.29, 0.717) is 6.42 Å². The summed E-state index contributed by atoms with van der Waals surface area (Å²) in [5, 5.41) is 11.0. The third-order valence-corrected chi connectivity index (χ3v) is 1.50. The number of hydrogen-bond acceptors (Lipinski definition) is 3.